The first kappa shape index (κ1) is 12.5. The second kappa shape index (κ2) is 5.13. The monoisotopic (exact) mass is 278 g/mol. The van der Waals surface area contributed by atoms with Crippen molar-refractivity contribution >= 4 is 40.5 Å². The molecule has 2 rings (SSSR count). The Hall–Kier alpha value is -1.96. The Bertz CT molecular complexity index is 634. The Morgan fingerprint density at radius 3 is 2.67 bits per heavy atom. The molecule has 0 unspecified atom stereocenters. The lowest BCUT2D eigenvalue weighted by Gasteiger charge is -2.10. The van der Waals surface area contributed by atoms with Crippen molar-refractivity contribution in [3.8, 4) is 6.07 Å². The molecule has 6 heteroatoms. The van der Waals surface area contributed by atoms with Crippen molar-refractivity contribution in [1.29, 1.82) is 5.26 Å². The molecule has 90 valence electrons. The molecule has 1 heterocycles. The summed E-state index contributed by atoms with van der Waals surface area (Å²) in [5, 5.41) is 12.6. The van der Waals surface area contributed by atoms with Crippen LogP contribution in [-0.2, 0) is 0 Å². The van der Waals surface area contributed by atoms with E-state index in [2.05, 4.69) is 16.4 Å². The van der Waals surface area contributed by atoms with Gasteiger partial charge in [0.05, 0.1) is 21.3 Å². The van der Waals surface area contributed by atoms with Crippen molar-refractivity contribution in [2.45, 2.75) is 0 Å². The van der Waals surface area contributed by atoms with E-state index in [9.17, 15) is 0 Å². The molecule has 0 spiro atoms. The second-order valence-electron chi connectivity index (χ2n) is 3.47. The molecule has 0 bridgehead atoms. The summed E-state index contributed by atoms with van der Waals surface area (Å²) in [4.78, 5) is 4.04. The van der Waals surface area contributed by atoms with E-state index < -0.39 is 0 Å². The van der Waals surface area contributed by atoms with E-state index in [1.165, 1.54) is 6.07 Å². The molecular formula is C12H8Cl2N4. The van der Waals surface area contributed by atoms with Gasteiger partial charge in [0.2, 0.25) is 0 Å². The number of aromatic nitrogens is 1. The maximum Gasteiger partial charge on any atom is 0.151 e. The summed E-state index contributed by atoms with van der Waals surface area (Å²) in [7, 11) is 0. The number of benzene rings is 1. The van der Waals surface area contributed by atoms with Gasteiger partial charge in [-0.05, 0) is 18.2 Å². The molecule has 4 nitrogen and oxygen atoms in total. The lowest BCUT2D eigenvalue weighted by atomic mass is 10.2. The van der Waals surface area contributed by atoms with E-state index >= 15 is 0 Å². The Balaban J connectivity index is 2.41. The Labute approximate surface area is 114 Å². The molecule has 18 heavy (non-hydrogen) atoms. The van der Waals surface area contributed by atoms with Crippen molar-refractivity contribution in [1.82, 2.24) is 4.98 Å². The third-order valence-electron chi connectivity index (χ3n) is 2.26. The summed E-state index contributed by atoms with van der Waals surface area (Å²) in [5.41, 5.74) is 6.70. The van der Waals surface area contributed by atoms with Gasteiger partial charge in [-0.25, -0.2) is 4.98 Å². The number of nitrogens with one attached hydrogen (secondary N) is 1. The van der Waals surface area contributed by atoms with Crippen LogP contribution < -0.4 is 11.1 Å². The molecule has 0 aliphatic carbocycles. The highest BCUT2D eigenvalue weighted by Crippen LogP contribution is 2.30. The SMILES string of the molecule is N#Cc1ccccc1Nc1nc(N)c(Cl)cc1Cl. The van der Waals surface area contributed by atoms with E-state index in [-0.39, 0.29) is 5.82 Å². The van der Waals surface area contributed by atoms with Gasteiger partial charge in [0, 0.05) is 0 Å². The lowest BCUT2D eigenvalue weighted by Crippen LogP contribution is -2.00. The summed E-state index contributed by atoms with van der Waals surface area (Å²) < 4.78 is 0. The molecule has 0 aliphatic heterocycles. The number of nitrogen functional groups attached to an aromatic ring is 1. The molecule has 0 saturated carbocycles. The van der Waals surface area contributed by atoms with Gasteiger partial charge in [0.15, 0.2) is 5.82 Å². The first-order chi connectivity index (χ1) is 8.61. The standard InChI is InChI=1S/C12H8Cl2N4/c13-8-5-9(14)12(18-11(8)16)17-10-4-2-1-3-7(10)6-15/h1-5H,(H3,16,17,18). The van der Waals surface area contributed by atoms with Crippen LogP contribution in [0.2, 0.25) is 10.0 Å². The van der Waals surface area contributed by atoms with E-state index in [4.69, 9.17) is 34.2 Å². The topological polar surface area (TPSA) is 74.7 Å². The van der Waals surface area contributed by atoms with Crippen molar-refractivity contribution in [3.63, 3.8) is 0 Å². The van der Waals surface area contributed by atoms with E-state index in [0.717, 1.165) is 0 Å². The average molecular weight is 279 g/mol. The number of para-hydroxylation sites is 1. The Morgan fingerprint density at radius 1 is 1.22 bits per heavy atom. The molecule has 0 aliphatic rings. The third-order valence-corrected chi connectivity index (χ3v) is 2.85. The van der Waals surface area contributed by atoms with Crippen molar-refractivity contribution in [3.05, 3.63) is 45.9 Å². The van der Waals surface area contributed by atoms with Crippen molar-refractivity contribution < 1.29 is 0 Å². The summed E-state index contributed by atoms with van der Waals surface area (Å²) in [5.74, 6) is 0.541. The fraction of sp³-hybridized carbons (Fsp3) is 0. The number of nitrogens with two attached hydrogens (primary N) is 1. The minimum Gasteiger partial charge on any atom is -0.382 e. The van der Waals surface area contributed by atoms with Crippen LogP contribution in [-0.4, -0.2) is 4.98 Å². The lowest BCUT2D eigenvalue weighted by molar-refractivity contribution is 1.31. The van der Waals surface area contributed by atoms with Gasteiger partial charge >= 0.3 is 0 Å². The molecule has 1 aromatic carbocycles. The molecule has 0 amide bonds. The maximum atomic E-state index is 8.98. The van der Waals surface area contributed by atoms with Crippen molar-refractivity contribution in [2.75, 3.05) is 11.1 Å². The van der Waals surface area contributed by atoms with Crippen LogP contribution in [0.4, 0.5) is 17.3 Å². The van der Waals surface area contributed by atoms with Crippen LogP contribution in [0.3, 0.4) is 0 Å². The summed E-state index contributed by atoms with van der Waals surface area (Å²) in [6.45, 7) is 0. The molecule has 0 saturated heterocycles. The number of nitriles is 1. The van der Waals surface area contributed by atoms with Gasteiger partial charge in [-0.3, -0.25) is 0 Å². The van der Waals surface area contributed by atoms with E-state index in [0.29, 0.717) is 27.1 Å². The second-order valence-corrected chi connectivity index (χ2v) is 4.28. The highest BCUT2D eigenvalue weighted by molar-refractivity contribution is 6.37. The largest absolute Gasteiger partial charge is 0.382 e. The van der Waals surface area contributed by atoms with Gasteiger partial charge in [0.25, 0.3) is 0 Å². The predicted octanol–water partition coefficient (Wildman–Crippen LogP) is 3.59. The third kappa shape index (κ3) is 2.48. The highest BCUT2D eigenvalue weighted by atomic mass is 35.5. The van der Waals surface area contributed by atoms with E-state index in [1.54, 1.807) is 24.3 Å². The smallest absolute Gasteiger partial charge is 0.151 e. The number of anilines is 3. The van der Waals surface area contributed by atoms with Crippen molar-refractivity contribution in [2.24, 2.45) is 0 Å². The number of hydrogen-bond acceptors (Lipinski definition) is 4. The van der Waals surface area contributed by atoms with Crippen LogP contribution in [0.5, 0.6) is 0 Å². The molecule has 1 aromatic heterocycles. The molecule has 0 atom stereocenters. The first-order valence-corrected chi connectivity index (χ1v) is 5.75. The number of pyridine rings is 1. The fourth-order valence-electron chi connectivity index (χ4n) is 1.39. The number of rotatable bonds is 2. The zero-order valence-corrected chi connectivity index (χ0v) is 10.6. The Kier molecular flexibility index (Phi) is 3.56. The zero-order valence-electron chi connectivity index (χ0n) is 9.11. The van der Waals surface area contributed by atoms with Gasteiger partial charge in [0.1, 0.15) is 11.9 Å². The molecule has 0 fully saturated rings. The molecule has 3 N–H and O–H groups in total. The minimum atomic E-state index is 0.179. The minimum absolute atomic E-state index is 0.179. The summed E-state index contributed by atoms with van der Waals surface area (Å²) >= 11 is 11.8. The van der Waals surface area contributed by atoms with Gasteiger partial charge in [-0.15, -0.1) is 0 Å². The van der Waals surface area contributed by atoms with Crippen LogP contribution >= 0.6 is 23.2 Å². The summed E-state index contributed by atoms with van der Waals surface area (Å²) in [6.07, 6.45) is 0. The van der Waals surface area contributed by atoms with Gasteiger partial charge in [-0.1, -0.05) is 35.3 Å². The predicted molar refractivity (Wildman–Crippen MR) is 73.1 cm³/mol. The van der Waals surface area contributed by atoms with E-state index in [1.807, 2.05) is 0 Å². The summed E-state index contributed by atoms with van der Waals surface area (Å²) in [6, 6.07) is 10.6. The van der Waals surface area contributed by atoms with Gasteiger partial charge < -0.3 is 11.1 Å². The highest BCUT2D eigenvalue weighted by Gasteiger charge is 2.09. The van der Waals surface area contributed by atoms with Crippen LogP contribution in [0, 0.1) is 11.3 Å². The van der Waals surface area contributed by atoms with Crippen LogP contribution in [0.25, 0.3) is 0 Å². The molecule has 2 aromatic rings. The normalized spacial score (nSPS) is 9.83. The fourth-order valence-corrected chi connectivity index (χ4v) is 1.79. The average Bonchev–Trinajstić information content (AvgIpc) is 2.36. The van der Waals surface area contributed by atoms with Gasteiger partial charge in [-0.2, -0.15) is 5.26 Å². The van der Waals surface area contributed by atoms with Crippen LogP contribution in [0.15, 0.2) is 30.3 Å². The first-order valence-electron chi connectivity index (χ1n) is 4.99. The Morgan fingerprint density at radius 2 is 1.94 bits per heavy atom. The van der Waals surface area contributed by atoms with Crippen LogP contribution in [0.1, 0.15) is 5.56 Å². The number of nitrogens with zero attached hydrogens (tertiary/aromatic N) is 2. The number of hydrogen-bond donors (Lipinski definition) is 2. The quantitative estimate of drug-likeness (QED) is 0.880. The maximum absolute atomic E-state index is 8.98. The number of halogens is 2. The molecular weight excluding hydrogens is 271 g/mol. The molecule has 0 radical (unpaired) electrons. The zero-order chi connectivity index (χ0) is 13.1.